The fourth-order valence-corrected chi connectivity index (χ4v) is 2.90. The molecule has 0 saturated heterocycles. The predicted molar refractivity (Wildman–Crippen MR) is 103 cm³/mol. The Labute approximate surface area is 154 Å². The lowest BCUT2D eigenvalue weighted by molar-refractivity contribution is 0.398. The lowest BCUT2D eigenvalue weighted by Gasteiger charge is -2.13. The van der Waals surface area contributed by atoms with Crippen molar-refractivity contribution < 1.29 is 9.47 Å². The minimum atomic E-state index is 0.517. The quantitative estimate of drug-likeness (QED) is 0.532. The molecular formula is C19H15ClN4O2. The Morgan fingerprint density at radius 1 is 0.885 bits per heavy atom. The van der Waals surface area contributed by atoms with Crippen LogP contribution in [0.15, 0.2) is 48.7 Å². The molecule has 0 spiro atoms. The molecule has 26 heavy (non-hydrogen) atoms. The number of halogens is 1. The summed E-state index contributed by atoms with van der Waals surface area (Å²) in [6, 6.07) is 12.9. The minimum absolute atomic E-state index is 0.517. The molecule has 0 atom stereocenters. The molecule has 0 amide bonds. The number of methoxy groups -OCH3 is 2. The lowest BCUT2D eigenvalue weighted by atomic mass is 10.1. The average Bonchev–Trinajstić information content (AvgIpc) is 2.67. The first-order valence-electron chi connectivity index (χ1n) is 7.89. The molecule has 1 aromatic carbocycles. The van der Waals surface area contributed by atoms with E-state index in [4.69, 9.17) is 21.1 Å². The first-order chi connectivity index (χ1) is 12.7. The van der Waals surface area contributed by atoms with Crippen LogP contribution in [0.1, 0.15) is 0 Å². The molecule has 7 heteroatoms. The van der Waals surface area contributed by atoms with Gasteiger partial charge in [0.05, 0.1) is 42.8 Å². The minimum Gasteiger partial charge on any atom is -0.481 e. The zero-order chi connectivity index (χ0) is 18.1. The largest absolute Gasteiger partial charge is 0.481 e. The SMILES string of the molecule is COc1ccc(Nc2c3ccc(Cl)cc3nc3ccc(OC)nc23)cn1. The van der Waals surface area contributed by atoms with E-state index in [0.717, 1.165) is 27.8 Å². The maximum Gasteiger partial charge on any atom is 0.213 e. The number of ether oxygens (including phenoxy) is 2. The summed E-state index contributed by atoms with van der Waals surface area (Å²) >= 11 is 6.14. The Morgan fingerprint density at radius 2 is 1.69 bits per heavy atom. The van der Waals surface area contributed by atoms with E-state index >= 15 is 0 Å². The highest BCUT2D eigenvalue weighted by atomic mass is 35.5. The number of fused-ring (bicyclic) bond motifs is 2. The third kappa shape index (κ3) is 2.95. The van der Waals surface area contributed by atoms with Crippen molar-refractivity contribution in [1.82, 2.24) is 15.0 Å². The summed E-state index contributed by atoms with van der Waals surface area (Å²) in [6.45, 7) is 0. The molecule has 0 aliphatic rings. The van der Waals surface area contributed by atoms with Gasteiger partial charge in [-0.15, -0.1) is 0 Å². The molecule has 0 bridgehead atoms. The number of nitrogens with one attached hydrogen (secondary N) is 1. The number of nitrogens with zero attached hydrogens (tertiary/aromatic N) is 3. The molecule has 1 N–H and O–H groups in total. The van der Waals surface area contributed by atoms with Crippen LogP contribution in [-0.4, -0.2) is 29.2 Å². The Bertz CT molecular complexity index is 1100. The number of anilines is 2. The topological polar surface area (TPSA) is 69.2 Å². The summed E-state index contributed by atoms with van der Waals surface area (Å²) in [5.41, 5.74) is 3.84. The molecule has 130 valence electrons. The second-order valence-corrected chi connectivity index (χ2v) is 6.02. The van der Waals surface area contributed by atoms with Gasteiger partial charge in [0.15, 0.2) is 0 Å². The van der Waals surface area contributed by atoms with Crippen LogP contribution in [0.25, 0.3) is 21.9 Å². The van der Waals surface area contributed by atoms with E-state index in [9.17, 15) is 0 Å². The number of benzene rings is 1. The third-order valence-corrected chi connectivity index (χ3v) is 4.21. The number of aromatic nitrogens is 3. The summed E-state index contributed by atoms with van der Waals surface area (Å²) in [7, 11) is 3.17. The van der Waals surface area contributed by atoms with Crippen LogP contribution in [0.3, 0.4) is 0 Å². The smallest absolute Gasteiger partial charge is 0.213 e. The molecule has 0 aliphatic carbocycles. The van der Waals surface area contributed by atoms with Crippen molar-refractivity contribution in [2.24, 2.45) is 0 Å². The Kier molecular flexibility index (Phi) is 4.18. The third-order valence-electron chi connectivity index (χ3n) is 3.98. The number of hydrogen-bond donors (Lipinski definition) is 1. The van der Waals surface area contributed by atoms with Gasteiger partial charge in [-0.2, -0.15) is 0 Å². The average molecular weight is 367 g/mol. The molecule has 4 rings (SSSR count). The van der Waals surface area contributed by atoms with Crippen molar-refractivity contribution in [3.8, 4) is 11.8 Å². The molecule has 0 radical (unpaired) electrons. The van der Waals surface area contributed by atoms with Crippen molar-refractivity contribution in [2.45, 2.75) is 0 Å². The zero-order valence-electron chi connectivity index (χ0n) is 14.2. The van der Waals surface area contributed by atoms with Crippen molar-refractivity contribution in [3.63, 3.8) is 0 Å². The molecule has 3 heterocycles. The van der Waals surface area contributed by atoms with Crippen molar-refractivity contribution >= 4 is 44.9 Å². The van der Waals surface area contributed by atoms with Gasteiger partial charge in [0, 0.05) is 22.5 Å². The fraction of sp³-hybridized carbons (Fsp3) is 0.105. The lowest BCUT2D eigenvalue weighted by Crippen LogP contribution is -1.99. The normalized spacial score (nSPS) is 10.9. The van der Waals surface area contributed by atoms with Crippen molar-refractivity contribution in [2.75, 3.05) is 19.5 Å². The highest BCUT2D eigenvalue weighted by Crippen LogP contribution is 2.34. The van der Waals surface area contributed by atoms with E-state index < -0.39 is 0 Å². The van der Waals surface area contributed by atoms with E-state index in [2.05, 4.69) is 20.3 Å². The molecule has 3 aromatic heterocycles. The van der Waals surface area contributed by atoms with Gasteiger partial charge in [0.2, 0.25) is 11.8 Å². The number of pyridine rings is 3. The summed E-state index contributed by atoms with van der Waals surface area (Å²) in [4.78, 5) is 13.5. The van der Waals surface area contributed by atoms with Crippen LogP contribution in [0, 0.1) is 0 Å². The van der Waals surface area contributed by atoms with E-state index in [1.165, 1.54) is 0 Å². The molecule has 6 nitrogen and oxygen atoms in total. The van der Waals surface area contributed by atoms with Crippen LogP contribution in [0.5, 0.6) is 11.8 Å². The van der Waals surface area contributed by atoms with E-state index in [1.807, 2.05) is 30.3 Å². The molecule has 0 fully saturated rings. The van der Waals surface area contributed by atoms with Crippen molar-refractivity contribution in [1.29, 1.82) is 0 Å². The van der Waals surface area contributed by atoms with Gasteiger partial charge < -0.3 is 14.8 Å². The summed E-state index contributed by atoms with van der Waals surface area (Å²) in [5.74, 6) is 1.06. The van der Waals surface area contributed by atoms with Crippen LogP contribution < -0.4 is 14.8 Å². The maximum absolute atomic E-state index is 6.14. The first-order valence-corrected chi connectivity index (χ1v) is 8.27. The standard InChI is InChI=1S/C19H15ClN4O2/c1-25-16-7-4-12(10-21-16)22-18-13-5-3-11(20)9-15(13)23-14-6-8-17(26-2)24-19(14)18/h3-10H,1-2H3,(H,22,23). The van der Waals surface area contributed by atoms with Crippen LogP contribution >= 0.6 is 11.6 Å². The van der Waals surface area contributed by atoms with Gasteiger partial charge in [-0.1, -0.05) is 11.6 Å². The van der Waals surface area contributed by atoms with E-state index in [1.54, 1.807) is 32.5 Å². The Morgan fingerprint density at radius 3 is 2.42 bits per heavy atom. The second kappa shape index (κ2) is 6.65. The van der Waals surface area contributed by atoms with Gasteiger partial charge >= 0.3 is 0 Å². The molecule has 0 unspecified atom stereocenters. The van der Waals surface area contributed by atoms with Crippen LogP contribution in [0.2, 0.25) is 5.02 Å². The Balaban J connectivity index is 1.94. The van der Waals surface area contributed by atoms with Gasteiger partial charge in [0.25, 0.3) is 0 Å². The zero-order valence-corrected chi connectivity index (χ0v) is 14.9. The number of rotatable bonds is 4. The van der Waals surface area contributed by atoms with Gasteiger partial charge in [-0.25, -0.2) is 15.0 Å². The van der Waals surface area contributed by atoms with E-state index in [-0.39, 0.29) is 0 Å². The summed E-state index contributed by atoms with van der Waals surface area (Å²) < 4.78 is 10.4. The van der Waals surface area contributed by atoms with Gasteiger partial charge in [0.1, 0.15) is 5.52 Å². The molecule has 4 aromatic rings. The van der Waals surface area contributed by atoms with Crippen LogP contribution in [0.4, 0.5) is 11.4 Å². The maximum atomic E-state index is 6.14. The second-order valence-electron chi connectivity index (χ2n) is 5.58. The fourth-order valence-electron chi connectivity index (χ4n) is 2.73. The van der Waals surface area contributed by atoms with Crippen LogP contribution in [-0.2, 0) is 0 Å². The molecular weight excluding hydrogens is 352 g/mol. The molecule has 0 saturated carbocycles. The summed E-state index contributed by atoms with van der Waals surface area (Å²) in [6.07, 6.45) is 1.70. The Hall–Kier alpha value is -3.12. The number of hydrogen-bond acceptors (Lipinski definition) is 6. The predicted octanol–water partition coefficient (Wildman–Crippen LogP) is 4.59. The summed E-state index contributed by atoms with van der Waals surface area (Å²) in [5, 5.41) is 4.92. The molecule has 0 aliphatic heterocycles. The van der Waals surface area contributed by atoms with Gasteiger partial charge in [-0.05, 0) is 30.3 Å². The first kappa shape index (κ1) is 16.4. The monoisotopic (exact) mass is 366 g/mol. The van der Waals surface area contributed by atoms with E-state index in [0.29, 0.717) is 22.3 Å². The highest BCUT2D eigenvalue weighted by Gasteiger charge is 2.13. The van der Waals surface area contributed by atoms with Gasteiger partial charge in [-0.3, -0.25) is 0 Å². The highest BCUT2D eigenvalue weighted by molar-refractivity contribution is 6.31. The van der Waals surface area contributed by atoms with Crippen molar-refractivity contribution in [3.05, 3.63) is 53.7 Å².